The molecule has 6 heteroatoms. The van der Waals surface area contributed by atoms with Crippen LogP contribution in [0.5, 0.6) is 0 Å². The molecule has 0 bridgehead atoms. The molecule has 2 amide bonds. The molecule has 0 spiro atoms. The van der Waals surface area contributed by atoms with Gasteiger partial charge < -0.3 is 20.1 Å². The minimum Gasteiger partial charge on any atom is -0.481 e. The molecule has 1 unspecified atom stereocenters. The number of nitrogens with one attached hydrogen (secondary N) is 1. The lowest BCUT2D eigenvalue weighted by atomic mass is 9.93. The van der Waals surface area contributed by atoms with Crippen LogP contribution in [-0.2, 0) is 9.53 Å². The lowest BCUT2D eigenvalue weighted by Crippen LogP contribution is -2.46. The molecule has 120 valence electrons. The average molecular weight is 298 g/mol. The summed E-state index contributed by atoms with van der Waals surface area (Å²) in [4.78, 5) is 24.4. The maximum absolute atomic E-state index is 12.0. The van der Waals surface area contributed by atoms with Gasteiger partial charge in [0.15, 0.2) is 0 Å². The molecule has 0 saturated carbocycles. The third-order valence-corrected chi connectivity index (χ3v) is 3.56. The molecular formula is C15H26N2O4. The zero-order valence-electron chi connectivity index (χ0n) is 12.6. The van der Waals surface area contributed by atoms with E-state index in [0.717, 1.165) is 25.8 Å². The van der Waals surface area contributed by atoms with Gasteiger partial charge in [0.2, 0.25) is 0 Å². The molecule has 0 radical (unpaired) electrons. The average Bonchev–Trinajstić information content (AvgIpc) is 2.48. The predicted molar refractivity (Wildman–Crippen MR) is 80.2 cm³/mol. The van der Waals surface area contributed by atoms with E-state index in [9.17, 15) is 9.59 Å². The number of urea groups is 1. The normalized spacial score (nSPS) is 18.3. The van der Waals surface area contributed by atoms with Crippen molar-refractivity contribution in [3.05, 3.63) is 12.7 Å². The molecule has 1 fully saturated rings. The SMILES string of the molecule is C=CCCOCCNC(=O)N1CCCC(CCC(=O)O)C1. The van der Waals surface area contributed by atoms with Gasteiger partial charge in [-0.05, 0) is 31.6 Å². The van der Waals surface area contributed by atoms with Gasteiger partial charge in [-0.25, -0.2) is 4.79 Å². The van der Waals surface area contributed by atoms with Crippen LogP contribution in [0, 0.1) is 5.92 Å². The fourth-order valence-corrected chi connectivity index (χ4v) is 2.42. The van der Waals surface area contributed by atoms with Crippen molar-refractivity contribution in [1.29, 1.82) is 0 Å². The van der Waals surface area contributed by atoms with Gasteiger partial charge in [-0.2, -0.15) is 0 Å². The third-order valence-electron chi connectivity index (χ3n) is 3.56. The summed E-state index contributed by atoms with van der Waals surface area (Å²) in [5, 5.41) is 11.5. The highest BCUT2D eigenvalue weighted by Gasteiger charge is 2.23. The molecule has 2 N–H and O–H groups in total. The van der Waals surface area contributed by atoms with E-state index in [1.807, 2.05) is 0 Å². The number of ether oxygens (including phenoxy) is 1. The number of carboxylic acids is 1. The van der Waals surface area contributed by atoms with Crippen molar-refractivity contribution in [2.24, 2.45) is 5.92 Å². The Hall–Kier alpha value is -1.56. The van der Waals surface area contributed by atoms with Crippen molar-refractivity contribution in [2.75, 3.05) is 32.8 Å². The van der Waals surface area contributed by atoms with E-state index in [1.165, 1.54) is 0 Å². The number of piperidine rings is 1. The number of carbonyl (C=O) groups is 2. The van der Waals surface area contributed by atoms with Crippen molar-refractivity contribution < 1.29 is 19.4 Å². The highest BCUT2D eigenvalue weighted by molar-refractivity contribution is 5.74. The van der Waals surface area contributed by atoms with Gasteiger partial charge in [-0.3, -0.25) is 4.79 Å². The largest absolute Gasteiger partial charge is 0.481 e. The molecule has 1 atom stereocenters. The molecule has 0 aromatic carbocycles. The van der Waals surface area contributed by atoms with E-state index in [-0.39, 0.29) is 12.5 Å². The van der Waals surface area contributed by atoms with Crippen LogP contribution in [-0.4, -0.2) is 54.9 Å². The highest BCUT2D eigenvalue weighted by atomic mass is 16.5. The van der Waals surface area contributed by atoms with Crippen molar-refractivity contribution in [3.8, 4) is 0 Å². The number of likely N-dealkylation sites (tertiary alicyclic amines) is 1. The minimum atomic E-state index is -0.770. The number of hydrogen-bond acceptors (Lipinski definition) is 3. The zero-order chi connectivity index (χ0) is 15.5. The van der Waals surface area contributed by atoms with Gasteiger partial charge in [0, 0.05) is 26.1 Å². The molecule has 6 nitrogen and oxygen atoms in total. The molecule has 0 aromatic rings. The van der Waals surface area contributed by atoms with Gasteiger partial charge >= 0.3 is 12.0 Å². The fourth-order valence-electron chi connectivity index (χ4n) is 2.42. The van der Waals surface area contributed by atoms with Crippen LogP contribution >= 0.6 is 0 Å². The van der Waals surface area contributed by atoms with E-state index in [1.54, 1.807) is 11.0 Å². The lowest BCUT2D eigenvalue weighted by molar-refractivity contribution is -0.137. The standard InChI is InChI=1S/C15H26N2O4/c1-2-3-10-21-11-8-16-15(20)17-9-4-5-13(12-17)6-7-14(18)19/h2,13H,1,3-12H2,(H,16,20)(H,18,19). The van der Waals surface area contributed by atoms with Gasteiger partial charge in [0.05, 0.1) is 13.2 Å². The molecule has 1 aliphatic rings. The van der Waals surface area contributed by atoms with Crippen LogP contribution < -0.4 is 5.32 Å². The number of carbonyl (C=O) groups excluding carboxylic acids is 1. The number of nitrogens with zero attached hydrogens (tertiary/aromatic N) is 1. The van der Waals surface area contributed by atoms with Gasteiger partial charge in [-0.1, -0.05) is 6.08 Å². The van der Waals surface area contributed by atoms with Crippen LogP contribution in [0.2, 0.25) is 0 Å². The van der Waals surface area contributed by atoms with E-state index in [0.29, 0.717) is 38.6 Å². The molecule has 1 aliphatic heterocycles. The Balaban J connectivity index is 2.17. The topological polar surface area (TPSA) is 78.9 Å². The van der Waals surface area contributed by atoms with Crippen LogP contribution in [0.1, 0.15) is 32.1 Å². The van der Waals surface area contributed by atoms with E-state index >= 15 is 0 Å². The second-order valence-electron chi connectivity index (χ2n) is 5.31. The highest BCUT2D eigenvalue weighted by Crippen LogP contribution is 2.20. The fraction of sp³-hybridized carbons (Fsp3) is 0.733. The molecule has 1 heterocycles. The van der Waals surface area contributed by atoms with Crippen LogP contribution in [0.15, 0.2) is 12.7 Å². The van der Waals surface area contributed by atoms with Gasteiger partial charge in [0.25, 0.3) is 0 Å². The summed E-state index contributed by atoms with van der Waals surface area (Å²) >= 11 is 0. The minimum absolute atomic E-state index is 0.0812. The molecular weight excluding hydrogens is 272 g/mol. The number of amides is 2. The number of rotatable bonds is 9. The summed E-state index contributed by atoms with van der Waals surface area (Å²) in [5.74, 6) is -0.474. The van der Waals surface area contributed by atoms with E-state index in [4.69, 9.17) is 9.84 Å². The summed E-state index contributed by atoms with van der Waals surface area (Å²) in [6.45, 7) is 6.61. The quantitative estimate of drug-likeness (QED) is 0.503. The molecule has 0 aromatic heterocycles. The Morgan fingerprint density at radius 2 is 2.24 bits per heavy atom. The van der Waals surface area contributed by atoms with Gasteiger partial charge in [-0.15, -0.1) is 6.58 Å². The van der Waals surface area contributed by atoms with E-state index < -0.39 is 5.97 Å². The van der Waals surface area contributed by atoms with Crippen molar-refractivity contribution in [2.45, 2.75) is 32.1 Å². The maximum atomic E-state index is 12.0. The summed E-state index contributed by atoms with van der Waals surface area (Å²) in [5.41, 5.74) is 0. The number of hydrogen-bond donors (Lipinski definition) is 2. The first kappa shape index (κ1) is 17.5. The Labute approximate surface area is 126 Å². The van der Waals surface area contributed by atoms with Crippen LogP contribution in [0.25, 0.3) is 0 Å². The van der Waals surface area contributed by atoms with Crippen molar-refractivity contribution >= 4 is 12.0 Å². The Morgan fingerprint density at radius 3 is 2.95 bits per heavy atom. The molecule has 21 heavy (non-hydrogen) atoms. The summed E-state index contributed by atoms with van der Waals surface area (Å²) in [6.07, 6.45) is 5.37. The molecule has 1 saturated heterocycles. The molecule has 0 aliphatic carbocycles. The maximum Gasteiger partial charge on any atom is 0.317 e. The summed E-state index contributed by atoms with van der Waals surface area (Å²) < 4.78 is 5.33. The smallest absolute Gasteiger partial charge is 0.317 e. The monoisotopic (exact) mass is 298 g/mol. The number of carboxylic acid groups (broad SMARTS) is 1. The lowest BCUT2D eigenvalue weighted by Gasteiger charge is -2.32. The Kier molecular flexibility index (Phi) is 8.50. The third kappa shape index (κ3) is 7.70. The van der Waals surface area contributed by atoms with Crippen molar-refractivity contribution in [1.82, 2.24) is 10.2 Å². The summed E-state index contributed by atoms with van der Waals surface area (Å²) in [6, 6.07) is -0.0812. The first-order valence-electron chi connectivity index (χ1n) is 7.56. The summed E-state index contributed by atoms with van der Waals surface area (Å²) in [7, 11) is 0. The number of aliphatic carboxylic acids is 1. The second-order valence-corrected chi connectivity index (χ2v) is 5.31. The Morgan fingerprint density at radius 1 is 1.43 bits per heavy atom. The zero-order valence-corrected chi connectivity index (χ0v) is 12.6. The first-order valence-corrected chi connectivity index (χ1v) is 7.56. The molecule has 1 rings (SSSR count). The van der Waals surface area contributed by atoms with E-state index in [2.05, 4.69) is 11.9 Å². The van der Waals surface area contributed by atoms with Crippen molar-refractivity contribution in [3.63, 3.8) is 0 Å². The first-order chi connectivity index (χ1) is 10.1. The predicted octanol–water partition coefficient (Wildman–Crippen LogP) is 1.87. The van der Waals surface area contributed by atoms with Crippen LogP contribution in [0.4, 0.5) is 4.79 Å². The van der Waals surface area contributed by atoms with Gasteiger partial charge in [0.1, 0.15) is 0 Å². The second kappa shape index (κ2) is 10.2. The Bertz CT molecular complexity index is 347. The van der Waals surface area contributed by atoms with Crippen LogP contribution in [0.3, 0.4) is 0 Å².